The van der Waals surface area contributed by atoms with Crippen molar-refractivity contribution in [1.82, 2.24) is 15.3 Å². The number of carbonyl (C=O) groups is 1. The smallest absolute Gasteiger partial charge is 0.251 e. The van der Waals surface area contributed by atoms with E-state index >= 15 is 0 Å². The number of carbonyl (C=O) groups excluding carboxylic acids is 1. The highest BCUT2D eigenvalue weighted by Crippen LogP contribution is 2.09. The number of nitrogens with zero attached hydrogens (tertiary/aromatic N) is 3. The molecule has 2 aromatic rings. The second-order valence-corrected chi connectivity index (χ2v) is 4.34. The number of nitrogens with one attached hydrogen (secondary N) is 1. The molecule has 0 saturated heterocycles. The van der Waals surface area contributed by atoms with Crippen LogP contribution in [0.2, 0.25) is 0 Å². The molecule has 2 aromatic heterocycles. The third-order valence-electron chi connectivity index (χ3n) is 2.67. The molecular formula is C14H16N4O. The van der Waals surface area contributed by atoms with Crippen LogP contribution in [0.3, 0.4) is 0 Å². The normalized spacial score (nSPS) is 10.0. The predicted octanol–water partition coefficient (Wildman–Crippen LogP) is 1.47. The molecule has 19 heavy (non-hydrogen) atoms. The molecule has 0 fully saturated rings. The minimum Gasteiger partial charge on any atom is -0.363 e. The standard InChI is InChI=1S/C14H16N4O/c1-18(2)13-9-12(5-8-16-13)14(19)17-10-11-3-6-15-7-4-11/h3-9H,10H2,1-2H3,(H,17,19). The zero-order valence-electron chi connectivity index (χ0n) is 11.0. The lowest BCUT2D eigenvalue weighted by Gasteiger charge is -2.12. The highest BCUT2D eigenvalue weighted by Gasteiger charge is 2.07. The van der Waals surface area contributed by atoms with Crippen molar-refractivity contribution in [3.63, 3.8) is 0 Å². The van der Waals surface area contributed by atoms with Gasteiger partial charge in [-0.15, -0.1) is 0 Å². The van der Waals surface area contributed by atoms with Gasteiger partial charge in [-0.2, -0.15) is 0 Å². The average molecular weight is 256 g/mol. The van der Waals surface area contributed by atoms with Crippen LogP contribution in [0.5, 0.6) is 0 Å². The maximum atomic E-state index is 12.0. The van der Waals surface area contributed by atoms with E-state index in [1.165, 1.54) is 0 Å². The molecule has 0 aromatic carbocycles. The molecule has 0 bridgehead atoms. The van der Waals surface area contributed by atoms with E-state index in [1.54, 1.807) is 30.7 Å². The van der Waals surface area contributed by atoms with Gasteiger partial charge in [-0.25, -0.2) is 4.98 Å². The quantitative estimate of drug-likeness (QED) is 0.900. The van der Waals surface area contributed by atoms with Crippen molar-refractivity contribution in [3.8, 4) is 0 Å². The fourth-order valence-corrected chi connectivity index (χ4v) is 1.59. The molecule has 98 valence electrons. The van der Waals surface area contributed by atoms with Crippen LogP contribution in [0, 0.1) is 0 Å². The monoisotopic (exact) mass is 256 g/mol. The Balaban J connectivity index is 2.02. The molecule has 0 saturated carbocycles. The number of anilines is 1. The first-order valence-corrected chi connectivity index (χ1v) is 5.97. The van der Waals surface area contributed by atoms with Crippen LogP contribution in [0.25, 0.3) is 0 Å². The molecule has 0 atom stereocenters. The molecule has 0 unspecified atom stereocenters. The summed E-state index contributed by atoms with van der Waals surface area (Å²) in [6, 6.07) is 7.22. The van der Waals surface area contributed by atoms with Crippen molar-refractivity contribution in [2.75, 3.05) is 19.0 Å². The van der Waals surface area contributed by atoms with Crippen molar-refractivity contribution in [3.05, 3.63) is 54.0 Å². The van der Waals surface area contributed by atoms with Gasteiger partial charge >= 0.3 is 0 Å². The molecule has 2 rings (SSSR count). The minimum atomic E-state index is -0.109. The van der Waals surface area contributed by atoms with Gasteiger partial charge in [0.2, 0.25) is 0 Å². The molecule has 2 heterocycles. The highest BCUT2D eigenvalue weighted by molar-refractivity contribution is 5.94. The SMILES string of the molecule is CN(C)c1cc(C(=O)NCc2ccncc2)ccn1. The molecule has 5 heteroatoms. The van der Waals surface area contributed by atoms with E-state index in [-0.39, 0.29) is 5.91 Å². The summed E-state index contributed by atoms with van der Waals surface area (Å²) in [5, 5.41) is 2.87. The molecular weight excluding hydrogens is 240 g/mol. The summed E-state index contributed by atoms with van der Waals surface area (Å²) in [7, 11) is 3.78. The second kappa shape index (κ2) is 5.95. The molecule has 1 amide bonds. The third-order valence-corrected chi connectivity index (χ3v) is 2.67. The summed E-state index contributed by atoms with van der Waals surface area (Å²) in [5.74, 6) is 0.652. The fraction of sp³-hybridized carbons (Fsp3) is 0.214. The lowest BCUT2D eigenvalue weighted by Crippen LogP contribution is -2.23. The van der Waals surface area contributed by atoms with E-state index in [0.29, 0.717) is 12.1 Å². The fourth-order valence-electron chi connectivity index (χ4n) is 1.59. The average Bonchev–Trinajstić information content (AvgIpc) is 2.46. The maximum absolute atomic E-state index is 12.0. The van der Waals surface area contributed by atoms with E-state index in [9.17, 15) is 4.79 Å². The van der Waals surface area contributed by atoms with E-state index < -0.39 is 0 Å². The Kier molecular flexibility index (Phi) is 4.07. The van der Waals surface area contributed by atoms with Crippen LogP contribution in [-0.4, -0.2) is 30.0 Å². The lowest BCUT2D eigenvalue weighted by molar-refractivity contribution is 0.0951. The number of rotatable bonds is 4. The molecule has 1 N–H and O–H groups in total. The topological polar surface area (TPSA) is 58.1 Å². The van der Waals surface area contributed by atoms with Gasteiger partial charge in [0.05, 0.1) is 0 Å². The van der Waals surface area contributed by atoms with Gasteiger partial charge in [0.15, 0.2) is 0 Å². The summed E-state index contributed by atoms with van der Waals surface area (Å²) in [5.41, 5.74) is 1.62. The summed E-state index contributed by atoms with van der Waals surface area (Å²) >= 11 is 0. The van der Waals surface area contributed by atoms with Crippen LogP contribution >= 0.6 is 0 Å². The molecule has 5 nitrogen and oxygen atoms in total. The van der Waals surface area contributed by atoms with Gasteiger partial charge in [0.1, 0.15) is 5.82 Å². The first-order chi connectivity index (χ1) is 9.16. The number of amides is 1. The maximum Gasteiger partial charge on any atom is 0.251 e. The predicted molar refractivity (Wildman–Crippen MR) is 74.0 cm³/mol. The van der Waals surface area contributed by atoms with Crippen molar-refractivity contribution in [2.45, 2.75) is 6.54 Å². The van der Waals surface area contributed by atoms with E-state index in [2.05, 4.69) is 15.3 Å². The van der Waals surface area contributed by atoms with Crippen LogP contribution < -0.4 is 10.2 Å². The Morgan fingerprint density at radius 2 is 1.95 bits per heavy atom. The Labute approximate surface area is 112 Å². The van der Waals surface area contributed by atoms with Gasteiger partial charge in [0.25, 0.3) is 5.91 Å². The minimum absolute atomic E-state index is 0.109. The number of hydrogen-bond acceptors (Lipinski definition) is 4. The van der Waals surface area contributed by atoms with Gasteiger partial charge in [0, 0.05) is 44.8 Å². The molecule has 0 aliphatic heterocycles. The number of aromatic nitrogens is 2. The van der Waals surface area contributed by atoms with Crippen molar-refractivity contribution in [2.24, 2.45) is 0 Å². The third kappa shape index (κ3) is 3.51. The van der Waals surface area contributed by atoms with Crippen LogP contribution in [0.4, 0.5) is 5.82 Å². The van der Waals surface area contributed by atoms with Gasteiger partial charge in [-0.1, -0.05) is 0 Å². The van der Waals surface area contributed by atoms with Crippen LogP contribution in [-0.2, 0) is 6.54 Å². The Bertz CT molecular complexity index is 554. The number of pyridine rings is 2. The van der Waals surface area contributed by atoms with Gasteiger partial charge in [-0.05, 0) is 29.8 Å². The largest absolute Gasteiger partial charge is 0.363 e. The zero-order chi connectivity index (χ0) is 13.7. The highest BCUT2D eigenvalue weighted by atomic mass is 16.1. The van der Waals surface area contributed by atoms with Crippen LogP contribution in [0.15, 0.2) is 42.9 Å². The summed E-state index contributed by atoms with van der Waals surface area (Å²) in [6.07, 6.45) is 5.05. The van der Waals surface area contributed by atoms with Crippen molar-refractivity contribution < 1.29 is 4.79 Å². The van der Waals surface area contributed by atoms with Gasteiger partial charge < -0.3 is 10.2 Å². The Hall–Kier alpha value is -2.43. The second-order valence-electron chi connectivity index (χ2n) is 4.34. The van der Waals surface area contributed by atoms with Crippen LogP contribution in [0.1, 0.15) is 15.9 Å². The molecule has 0 aliphatic rings. The Morgan fingerprint density at radius 3 is 2.63 bits per heavy atom. The van der Waals surface area contributed by atoms with E-state index in [1.807, 2.05) is 31.1 Å². The first kappa shape index (κ1) is 13.0. The summed E-state index contributed by atoms with van der Waals surface area (Å²) in [6.45, 7) is 0.487. The summed E-state index contributed by atoms with van der Waals surface area (Å²) < 4.78 is 0. The number of hydrogen-bond donors (Lipinski definition) is 1. The molecule has 0 spiro atoms. The lowest BCUT2D eigenvalue weighted by atomic mass is 10.2. The molecule has 0 radical (unpaired) electrons. The van der Waals surface area contributed by atoms with Gasteiger partial charge in [-0.3, -0.25) is 9.78 Å². The van der Waals surface area contributed by atoms with E-state index in [4.69, 9.17) is 0 Å². The zero-order valence-corrected chi connectivity index (χ0v) is 11.0. The first-order valence-electron chi connectivity index (χ1n) is 5.97. The van der Waals surface area contributed by atoms with Crippen molar-refractivity contribution >= 4 is 11.7 Å². The summed E-state index contributed by atoms with van der Waals surface area (Å²) in [4.78, 5) is 22.0. The van der Waals surface area contributed by atoms with Crippen molar-refractivity contribution in [1.29, 1.82) is 0 Å². The van der Waals surface area contributed by atoms with E-state index in [0.717, 1.165) is 11.4 Å². The Morgan fingerprint density at radius 1 is 1.21 bits per heavy atom. The molecule has 0 aliphatic carbocycles.